The minimum Gasteiger partial charge on any atom is -0.396 e. The average molecular weight is 320 g/mol. The Morgan fingerprint density at radius 2 is 1.90 bits per heavy atom. The standard InChI is InChI=1S/C14H28N2O4S/c1-4-21(19,20)15-9-6-13(7-10-15)14(18)16(12(2)3)8-5-11-17/h12-13,17H,4-11H2,1-3H3. The van der Waals surface area contributed by atoms with E-state index in [0.717, 1.165) is 0 Å². The zero-order valence-electron chi connectivity index (χ0n) is 13.3. The van der Waals surface area contributed by atoms with Gasteiger partial charge in [0.05, 0.1) is 5.75 Å². The Morgan fingerprint density at radius 3 is 2.33 bits per heavy atom. The van der Waals surface area contributed by atoms with Gasteiger partial charge in [0.25, 0.3) is 0 Å². The summed E-state index contributed by atoms with van der Waals surface area (Å²) in [5.41, 5.74) is 0. The maximum absolute atomic E-state index is 12.5. The van der Waals surface area contributed by atoms with E-state index in [1.165, 1.54) is 4.31 Å². The Kier molecular flexibility index (Phi) is 7.09. The number of hydrogen-bond acceptors (Lipinski definition) is 4. The third-order valence-corrected chi connectivity index (χ3v) is 5.91. The van der Waals surface area contributed by atoms with Crippen LogP contribution in [0.15, 0.2) is 0 Å². The topological polar surface area (TPSA) is 77.9 Å². The van der Waals surface area contributed by atoms with Gasteiger partial charge >= 0.3 is 0 Å². The van der Waals surface area contributed by atoms with Crippen LogP contribution in [0, 0.1) is 5.92 Å². The van der Waals surface area contributed by atoms with E-state index in [4.69, 9.17) is 5.11 Å². The van der Waals surface area contributed by atoms with Gasteiger partial charge in [-0.3, -0.25) is 4.79 Å². The molecule has 1 aliphatic heterocycles. The lowest BCUT2D eigenvalue weighted by Crippen LogP contribution is -2.47. The minimum absolute atomic E-state index is 0.0731. The number of hydrogen-bond donors (Lipinski definition) is 1. The summed E-state index contributed by atoms with van der Waals surface area (Å²) in [6.07, 6.45) is 1.74. The molecule has 0 aromatic heterocycles. The maximum atomic E-state index is 12.5. The van der Waals surface area contributed by atoms with Crippen molar-refractivity contribution in [1.29, 1.82) is 0 Å². The quantitative estimate of drug-likeness (QED) is 0.748. The third kappa shape index (κ3) is 4.93. The lowest BCUT2D eigenvalue weighted by Gasteiger charge is -2.35. The van der Waals surface area contributed by atoms with Crippen LogP contribution in [-0.2, 0) is 14.8 Å². The molecule has 0 radical (unpaired) electrons. The van der Waals surface area contributed by atoms with Crippen molar-refractivity contribution in [3.63, 3.8) is 0 Å². The van der Waals surface area contributed by atoms with Gasteiger partial charge < -0.3 is 10.0 Å². The highest BCUT2D eigenvalue weighted by Gasteiger charge is 2.32. The summed E-state index contributed by atoms with van der Waals surface area (Å²) in [6.45, 7) is 7.06. The number of amides is 1. The van der Waals surface area contributed by atoms with Crippen molar-refractivity contribution in [1.82, 2.24) is 9.21 Å². The summed E-state index contributed by atoms with van der Waals surface area (Å²) in [6, 6.07) is 0.0986. The monoisotopic (exact) mass is 320 g/mol. The first-order valence-corrected chi connectivity index (χ1v) is 9.33. The van der Waals surface area contributed by atoms with Crippen LogP contribution in [0.4, 0.5) is 0 Å². The van der Waals surface area contributed by atoms with E-state index in [1.807, 2.05) is 13.8 Å². The molecule has 1 saturated heterocycles. The van der Waals surface area contributed by atoms with Gasteiger partial charge in [-0.05, 0) is 40.0 Å². The number of aliphatic hydroxyl groups is 1. The smallest absolute Gasteiger partial charge is 0.226 e. The molecule has 1 N–H and O–H groups in total. The fourth-order valence-corrected chi connectivity index (χ4v) is 3.79. The summed E-state index contributed by atoms with van der Waals surface area (Å²) in [5, 5.41) is 8.93. The van der Waals surface area contributed by atoms with Crippen LogP contribution in [0.25, 0.3) is 0 Å². The van der Waals surface area contributed by atoms with E-state index in [1.54, 1.807) is 11.8 Å². The predicted molar refractivity (Wildman–Crippen MR) is 82.3 cm³/mol. The number of rotatable bonds is 7. The second-order valence-electron chi connectivity index (χ2n) is 5.78. The molecule has 0 saturated carbocycles. The van der Waals surface area contributed by atoms with Crippen molar-refractivity contribution in [2.75, 3.05) is 32.0 Å². The molecule has 0 aromatic rings. The summed E-state index contributed by atoms with van der Waals surface area (Å²) in [5.74, 6) is 0.0987. The highest BCUT2D eigenvalue weighted by molar-refractivity contribution is 7.89. The van der Waals surface area contributed by atoms with Crippen LogP contribution in [0.5, 0.6) is 0 Å². The van der Waals surface area contributed by atoms with Crippen molar-refractivity contribution < 1.29 is 18.3 Å². The third-order valence-electron chi connectivity index (χ3n) is 4.02. The molecule has 1 rings (SSSR count). The molecule has 0 spiro atoms. The van der Waals surface area contributed by atoms with E-state index >= 15 is 0 Å². The van der Waals surface area contributed by atoms with Crippen LogP contribution in [-0.4, -0.2) is 66.7 Å². The Hall–Kier alpha value is -0.660. The SMILES string of the molecule is CCS(=O)(=O)N1CCC(C(=O)N(CCCO)C(C)C)CC1. The van der Waals surface area contributed by atoms with Crippen LogP contribution < -0.4 is 0 Å². The van der Waals surface area contributed by atoms with Crippen molar-refractivity contribution >= 4 is 15.9 Å². The van der Waals surface area contributed by atoms with Gasteiger partial charge in [-0.1, -0.05) is 0 Å². The Bertz CT molecular complexity index is 428. The second-order valence-corrected chi connectivity index (χ2v) is 8.03. The van der Waals surface area contributed by atoms with Crippen molar-refractivity contribution in [2.24, 2.45) is 5.92 Å². The second kappa shape index (κ2) is 8.10. The molecule has 21 heavy (non-hydrogen) atoms. The van der Waals surface area contributed by atoms with Gasteiger partial charge in [0, 0.05) is 38.2 Å². The van der Waals surface area contributed by atoms with Crippen LogP contribution in [0.2, 0.25) is 0 Å². The number of carbonyl (C=O) groups is 1. The maximum Gasteiger partial charge on any atom is 0.226 e. The molecule has 124 valence electrons. The molecular formula is C14H28N2O4S. The van der Waals surface area contributed by atoms with Crippen LogP contribution in [0.3, 0.4) is 0 Å². The molecular weight excluding hydrogens is 292 g/mol. The molecule has 1 heterocycles. The molecule has 6 nitrogen and oxygen atoms in total. The molecule has 1 fully saturated rings. The van der Waals surface area contributed by atoms with Gasteiger partial charge in [0.1, 0.15) is 0 Å². The van der Waals surface area contributed by atoms with E-state index in [0.29, 0.717) is 38.9 Å². The number of nitrogens with zero attached hydrogens (tertiary/aromatic N) is 2. The molecule has 0 atom stereocenters. The van der Waals surface area contributed by atoms with Gasteiger partial charge in [0.2, 0.25) is 15.9 Å². The predicted octanol–water partition coefficient (Wildman–Crippen LogP) is 0.667. The van der Waals surface area contributed by atoms with Gasteiger partial charge in [-0.15, -0.1) is 0 Å². The molecule has 1 amide bonds. The first-order valence-electron chi connectivity index (χ1n) is 7.72. The molecule has 0 unspecified atom stereocenters. The largest absolute Gasteiger partial charge is 0.396 e. The lowest BCUT2D eigenvalue weighted by atomic mass is 9.96. The fraction of sp³-hybridized carbons (Fsp3) is 0.929. The number of aliphatic hydroxyl groups excluding tert-OH is 1. The zero-order valence-corrected chi connectivity index (χ0v) is 14.1. The van der Waals surface area contributed by atoms with Crippen LogP contribution >= 0.6 is 0 Å². The highest BCUT2D eigenvalue weighted by Crippen LogP contribution is 2.22. The lowest BCUT2D eigenvalue weighted by molar-refractivity contribution is -0.138. The summed E-state index contributed by atoms with van der Waals surface area (Å²) in [7, 11) is -3.15. The van der Waals surface area contributed by atoms with Gasteiger partial charge in [0.15, 0.2) is 0 Å². The molecule has 0 bridgehead atoms. The number of piperidine rings is 1. The molecule has 1 aliphatic rings. The number of carbonyl (C=O) groups excluding carboxylic acids is 1. The van der Waals surface area contributed by atoms with E-state index in [2.05, 4.69) is 0 Å². The Labute approximate surface area is 128 Å². The minimum atomic E-state index is -3.15. The average Bonchev–Trinajstić information content (AvgIpc) is 2.47. The molecule has 7 heteroatoms. The van der Waals surface area contributed by atoms with Crippen molar-refractivity contribution in [2.45, 2.75) is 46.1 Å². The summed E-state index contributed by atoms with van der Waals surface area (Å²) in [4.78, 5) is 14.3. The zero-order chi connectivity index (χ0) is 16.0. The highest BCUT2D eigenvalue weighted by atomic mass is 32.2. The van der Waals surface area contributed by atoms with E-state index in [9.17, 15) is 13.2 Å². The number of sulfonamides is 1. The normalized spacial score (nSPS) is 18.1. The van der Waals surface area contributed by atoms with E-state index < -0.39 is 10.0 Å². The van der Waals surface area contributed by atoms with Crippen LogP contribution in [0.1, 0.15) is 40.0 Å². The summed E-state index contributed by atoms with van der Waals surface area (Å²) < 4.78 is 25.1. The molecule has 0 aromatic carbocycles. The van der Waals surface area contributed by atoms with Crippen molar-refractivity contribution in [3.8, 4) is 0 Å². The first kappa shape index (κ1) is 18.4. The van der Waals surface area contributed by atoms with Crippen molar-refractivity contribution in [3.05, 3.63) is 0 Å². The summed E-state index contributed by atoms with van der Waals surface area (Å²) >= 11 is 0. The Balaban J connectivity index is 2.61. The van der Waals surface area contributed by atoms with Gasteiger partial charge in [-0.2, -0.15) is 0 Å². The van der Waals surface area contributed by atoms with Gasteiger partial charge in [-0.25, -0.2) is 12.7 Å². The Morgan fingerprint density at radius 1 is 1.33 bits per heavy atom. The first-order chi connectivity index (χ1) is 9.83. The van der Waals surface area contributed by atoms with E-state index in [-0.39, 0.29) is 30.2 Å². The molecule has 0 aliphatic carbocycles. The fourth-order valence-electron chi connectivity index (χ4n) is 2.66.